The second kappa shape index (κ2) is 4.22. The molecule has 2 aromatic heterocycles. The fraction of sp³-hybridized carbons (Fsp3) is 0.222. The van der Waals surface area contributed by atoms with Crippen LogP contribution in [0.2, 0.25) is 0 Å². The summed E-state index contributed by atoms with van der Waals surface area (Å²) in [6, 6.07) is 0. The largest absolute Gasteiger partial charge is 0.382 e. The van der Waals surface area contributed by atoms with Crippen molar-refractivity contribution in [2.75, 3.05) is 11.1 Å². The van der Waals surface area contributed by atoms with Gasteiger partial charge in [-0.2, -0.15) is 0 Å². The molecule has 0 aliphatic carbocycles. The molecule has 0 aromatic carbocycles. The van der Waals surface area contributed by atoms with Crippen LogP contribution >= 0.6 is 11.3 Å². The van der Waals surface area contributed by atoms with Crippen LogP contribution in [-0.2, 0) is 6.54 Å². The third kappa shape index (κ3) is 2.63. The first-order valence-corrected chi connectivity index (χ1v) is 5.34. The fourth-order valence-corrected chi connectivity index (χ4v) is 1.79. The number of aryl methyl sites for hydroxylation is 1. The van der Waals surface area contributed by atoms with Crippen molar-refractivity contribution in [1.29, 1.82) is 0 Å². The van der Waals surface area contributed by atoms with Gasteiger partial charge in [-0.25, -0.2) is 15.0 Å². The van der Waals surface area contributed by atoms with Crippen LogP contribution in [0.4, 0.5) is 11.6 Å². The Bertz CT molecular complexity index is 436. The molecule has 0 aliphatic heterocycles. The summed E-state index contributed by atoms with van der Waals surface area (Å²) >= 11 is 1.63. The zero-order valence-electron chi connectivity index (χ0n) is 8.27. The lowest BCUT2D eigenvalue weighted by atomic mass is 10.5. The first-order chi connectivity index (χ1) is 7.24. The molecule has 0 atom stereocenters. The van der Waals surface area contributed by atoms with Crippen molar-refractivity contribution in [2.45, 2.75) is 13.5 Å². The van der Waals surface area contributed by atoms with Gasteiger partial charge >= 0.3 is 0 Å². The lowest BCUT2D eigenvalue weighted by Crippen LogP contribution is -2.02. The predicted octanol–water partition coefficient (Wildman–Crippen LogP) is 1.44. The van der Waals surface area contributed by atoms with E-state index < -0.39 is 0 Å². The molecule has 0 radical (unpaired) electrons. The Morgan fingerprint density at radius 3 is 2.87 bits per heavy atom. The van der Waals surface area contributed by atoms with Crippen molar-refractivity contribution in [2.24, 2.45) is 0 Å². The van der Waals surface area contributed by atoms with Crippen molar-refractivity contribution in [3.8, 4) is 0 Å². The highest BCUT2D eigenvalue weighted by molar-refractivity contribution is 7.09. The van der Waals surface area contributed by atoms with E-state index in [2.05, 4.69) is 20.3 Å². The van der Waals surface area contributed by atoms with Crippen LogP contribution in [0.5, 0.6) is 0 Å². The molecule has 0 saturated carbocycles. The molecule has 15 heavy (non-hydrogen) atoms. The van der Waals surface area contributed by atoms with E-state index in [-0.39, 0.29) is 0 Å². The van der Waals surface area contributed by atoms with Gasteiger partial charge in [0.15, 0.2) is 0 Å². The quantitative estimate of drug-likeness (QED) is 0.820. The Morgan fingerprint density at radius 2 is 2.27 bits per heavy atom. The van der Waals surface area contributed by atoms with Crippen LogP contribution in [0.15, 0.2) is 17.8 Å². The van der Waals surface area contributed by atoms with Gasteiger partial charge in [0.05, 0.1) is 18.9 Å². The minimum Gasteiger partial charge on any atom is -0.382 e. The molecule has 0 aliphatic rings. The van der Waals surface area contributed by atoms with E-state index in [4.69, 9.17) is 5.73 Å². The van der Waals surface area contributed by atoms with Crippen LogP contribution < -0.4 is 11.1 Å². The number of anilines is 2. The first kappa shape index (κ1) is 9.85. The van der Waals surface area contributed by atoms with Crippen molar-refractivity contribution in [3.05, 3.63) is 28.5 Å². The Labute approximate surface area is 91.4 Å². The van der Waals surface area contributed by atoms with E-state index in [0.717, 1.165) is 10.7 Å². The highest BCUT2D eigenvalue weighted by atomic mass is 32.1. The molecule has 0 fully saturated rings. The molecule has 0 bridgehead atoms. The first-order valence-electron chi connectivity index (χ1n) is 4.46. The van der Waals surface area contributed by atoms with E-state index in [1.165, 1.54) is 6.20 Å². The average Bonchev–Trinajstić information content (AvgIpc) is 2.64. The topological polar surface area (TPSA) is 76.7 Å². The maximum absolute atomic E-state index is 5.43. The van der Waals surface area contributed by atoms with Gasteiger partial charge in [0.2, 0.25) is 0 Å². The van der Waals surface area contributed by atoms with Crippen LogP contribution in [-0.4, -0.2) is 15.0 Å². The average molecular weight is 221 g/mol. The highest BCUT2D eigenvalue weighted by Gasteiger charge is 1.99. The molecule has 2 aromatic rings. The van der Waals surface area contributed by atoms with Gasteiger partial charge in [-0.15, -0.1) is 11.3 Å². The summed E-state index contributed by atoms with van der Waals surface area (Å²) in [6.07, 6.45) is 3.13. The normalized spacial score (nSPS) is 10.2. The van der Waals surface area contributed by atoms with Gasteiger partial charge in [0, 0.05) is 11.1 Å². The number of hydrogen-bond acceptors (Lipinski definition) is 6. The molecular weight excluding hydrogens is 210 g/mol. The number of nitrogen functional groups attached to an aromatic ring is 1. The molecule has 0 amide bonds. The summed E-state index contributed by atoms with van der Waals surface area (Å²) < 4.78 is 0. The highest BCUT2D eigenvalue weighted by Crippen LogP contribution is 2.10. The Morgan fingerprint density at radius 1 is 1.40 bits per heavy atom. The number of thiazole rings is 1. The van der Waals surface area contributed by atoms with Crippen molar-refractivity contribution in [3.63, 3.8) is 0 Å². The van der Waals surface area contributed by atoms with Gasteiger partial charge in [-0.05, 0) is 6.92 Å². The van der Waals surface area contributed by atoms with Gasteiger partial charge in [0.25, 0.3) is 0 Å². The second-order valence-corrected chi connectivity index (χ2v) is 4.01. The molecule has 0 saturated heterocycles. The van der Waals surface area contributed by atoms with Crippen molar-refractivity contribution >= 4 is 23.0 Å². The van der Waals surface area contributed by atoms with E-state index in [1.807, 2.05) is 12.3 Å². The van der Waals surface area contributed by atoms with Gasteiger partial charge in [0.1, 0.15) is 16.6 Å². The number of nitrogens with two attached hydrogens (primary N) is 1. The van der Waals surface area contributed by atoms with Gasteiger partial charge in [-0.1, -0.05) is 0 Å². The summed E-state index contributed by atoms with van der Waals surface area (Å²) in [4.78, 5) is 12.3. The Hall–Kier alpha value is -1.69. The molecule has 0 spiro atoms. The Kier molecular flexibility index (Phi) is 2.77. The predicted molar refractivity (Wildman–Crippen MR) is 60.6 cm³/mol. The molecule has 2 heterocycles. The van der Waals surface area contributed by atoms with E-state index in [9.17, 15) is 0 Å². The molecule has 78 valence electrons. The second-order valence-electron chi connectivity index (χ2n) is 3.06. The third-order valence-corrected chi connectivity index (χ3v) is 2.73. The molecule has 5 nitrogen and oxygen atoms in total. The lowest BCUT2D eigenvalue weighted by molar-refractivity contribution is 1.05. The van der Waals surface area contributed by atoms with E-state index in [1.54, 1.807) is 17.5 Å². The van der Waals surface area contributed by atoms with Crippen LogP contribution in [0, 0.1) is 6.92 Å². The number of nitrogens with zero attached hydrogens (tertiary/aromatic N) is 3. The van der Waals surface area contributed by atoms with E-state index >= 15 is 0 Å². The van der Waals surface area contributed by atoms with Crippen molar-refractivity contribution in [1.82, 2.24) is 15.0 Å². The standard InChI is InChI=1S/C9H11N5S/c1-6-5-15-9(14-6)4-13-8-3-11-7(10)2-12-8/h2-3,5H,4H2,1H3,(H2,10,11)(H,12,13). The fourth-order valence-electron chi connectivity index (χ4n) is 1.08. The maximum Gasteiger partial charge on any atom is 0.144 e. The van der Waals surface area contributed by atoms with Crippen LogP contribution in [0.1, 0.15) is 10.7 Å². The minimum atomic E-state index is 0.422. The molecule has 2 rings (SSSR count). The summed E-state index contributed by atoms with van der Waals surface area (Å²) in [5.41, 5.74) is 6.47. The molecule has 3 N–H and O–H groups in total. The van der Waals surface area contributed by atoms with Gasteiger partial charge in [-0.3, -0.25) is 0 Å². The smallest absolute Gasteiger partial charge is 0.144 e. The molecular formula is C9H11N5S. The maximum atomic E-state index is 5.43. The number of rotatable bonds is 3. The monoisotopic (exact) mass is 221 g/mol. The molecule has 6 heteroatoms. The number of hydrogen-bond donors (Lipinski definition) is 2. The van der Waals surface area contributed by atoms with Crippen LogP contribution in [0.25, 0.3) is 0 Å². The number of nitrogens with one attached hydrogen (secondary N) is 1. The number of aromatic nitrogens is 3. The molecule has 0 unspecified atom stereocenters. The Balaban J connectivity index is 1.96. The summed E-state index contributed by atoms with van der Waals surface area (Å²) in [6.45, 7) is 2.64. The summed E-state index contributed by atoms with van der Waals surface area (Å²) in [7, 11) is 0. The van der Waals surface area contributed by atoms with Gasteiger partial charge < -0.3 is 11.1 Å². The zero-order chi connectivity index (χ0) is 10.7. The summed E-state index contributed by atoms with van der Waals surface area (Å²) in [5.74, 6) is 1.13. The van der Waals surface area contributed by atoms with E-state index in [0.29, 0.717) is 18.2 Å². The third-order valence-electron chi connectivity index (χ3n) is 1.76. The zero-order valence-corrected chi connectivity index (χ0v) is 9.08. The van der Waals surface area contributed by atoms with Crippen molar-refractivity contribution < 1.29 is 0 Å². The van der Waals surface area contributed by atoms with Crippen LogP contribution in [0.3, 0.4) is 0 Å². The summed E-state index contributed by atoms with van der Waals surface area (Å²) in [5, 5.41) is 6.17. The lowest BCUT2D eigenvalue weighted by Gasteiger charge is -2.01. The SMILES string of the molecule is Cc1csc(CNc2cnc(N)cn2)n1. The minimum absolute atomic E-state index is 0.422.